The van der Waals surface area contributed by atoms with Crippen molar-refractivity contribution in [2.24, 2.45) is 5.92 Å². The molecule has 0 spiro atoms. The van der Waals surface area contributed by atoms with E-state index in [1.807, 2.05) is 17.7 Å². The molecule has 0 aliphatic carbocycles. The molecule has 7 nitrogen and oxygen atoms in total. The van der Waals surface area contributed by atoms with Crippen molar-refractivity contribution in [3.05, 3.63) is 29.6 Å². The van der Waals surface area contributed by atoms with Crippen LogP contribution < -0.4 is 0 Å². The molecule has 0 fully saturated rings. The zero-order valence-electron chi connectivity index (χ0n) is 14.2. The van der Waals surface area contributed by atoms with Crippen LogP contribution in [0.5, 0.6) is 0 Å². The number of hydrogen-bond acceptors (Lipinski definition) is 4. The lowest BCUT2D eigenvalue weighted by Gasteiger charge is -2.26. The number of nitrogens with one attached hydrogen (secondary N) is 1. The molecule has 7 heteroatoms. The van der Waals surface area contributed by atoms with Crippen LogP contribution in [0.4, 0.5) is 0 Å². The van der Waals surface area contributed by atoms with Gasteiger partial charge in [0.2, 0.25) is 5.91 Å². The Kier molecular flexibility index (Phi) is 3.95. The molecule has 1 unspecified atom stereocenters. The van der Waals surface area contributed by atoms with Crippen LogP contribution >= 0.6 is 0 Å². The first-order chi connectivity index (χ1) is 10.8. The summed E-state index contributed by atoms with van der Waals surface area (Å²) in [6, 6.07) is 2.04. The summed E-state index contributed by atoms with van der Waals surface area (Å²) >= 11 is 0. The molecule has 2 aromatic rings. The van der Waals surface area contributed by atoms with E-state index in [1.165, 1.54) is 0 Å². The molecule has 0 saturated carbocycles. The van der Waals surface area contributed by atoms with Gasteiger partial charge in [-0.15, -0.1) is 10.2 Å². The normalized spacial score (nSPS) is 17.8. The molecule has 3 rings (SSSR count). The van der Waals surface area contributed by atoms with Gasteiger partial charge in [-0.1, -0.05) is 20.8 Å². The van der Waals surface area contributed by atoms with E-state index in [9.17, 15) is 4.79 Å². The maximum atomic E-state index is 12.7. The lowest BCUT2D eigenvalue weighted by molar-refractivity contribution is -0.135. The van der Waals surface area contributed by atoms with Crippen LogP contribution in [0.15, 0.2) is 12.4 Å². The summed E-state index contributed by atoms with van der Waals surface area (Å²) in [7, 11) is 1.85. The number of amides is 1. The van der Waals surface area contributed by atoms with Crippen molar-refractivity contribution < 1.29 is 4.79 Å². The van der Waals surface area contributed by atoms with Gasteiger partial charge in [0.15, 0.2) is 0 Å². The lowest BCUT2D eigenvalue weighted by Crippen LogP contribution is -2.37. The molecule has 2 aromatic heterocycles. The fourth-order valence-corrected chi connectivity index (χ4v) is 2.93. The summed E-state index contributed by atoms with van der Waals surface area (Å²) in [5, 5.41) is 15.4. The van der Waals surface area contributed by atoms with Crippen molar-refractivity contribution in [2.75, 3.05) is 7.05 Å². The number of aromatic amines is 1. The zero-order valence-corrected chi connectivity index (χ0v) is 14.2. The van der Waals surface area contributed by atoms with Crippen molar-refractivity contribution in [1.29, 1.82) is 0 Å². The molecule has 1 aliphatic heterocycles. The highest BCUT2D eigenvalue weighted by atomic mass is 16.2. The molecule has 1 aliphatic rings. The van der Waals surface area contributed by atoms with Crippen LogP contribution in [0.1, 0.15) is 44.4 Å². The van der Waals surface area contributed by atoms with E-state index in [0.717, 1.165) is 30.1 Å². The van der Waals surface area contributed by atoms with Gasteiger partial charge in [0.1, 0.15) is 12.2 Å². The summed E-state index contributed by atoms with van der Waals surface area (Å²) in [5.74, 6) is 1.13. The molecular formula is C16H24N6O. The van der Waals surface area contributed by atoms with Gasteiger partial charge in [-0.2, -0.15) is 5.10 Å². The Labute approximate surface area is 136 Å². The first kappa shape index (κ1) is 15.7. The van der Waals surface area contributed by atoms with Crippen molar-refractivity contribution >= 4 is 5.91 Å². The van der Waals surface area contributed by atoms with E-state index >= 15 is 0 Å². The Bertz CT molecular complexity index is 695. The summed E-state index contributed by atoms with van der Waals surface area (Å²) in [6.45, 7) is 7.59. The van der Waals surface area contributed by atoms with Crippen molar-refractivity contribution in [3.8, 4) is 0 Å². The van der Waals surface area contributed by atoms with E-state index in [4.69, 9.17) is 0 Å². The quantitative estimate of drug-likeness (QED) is 0.931. The number of rotatable bonds is 3. The Morgan fingerprint density at radius 1 is 1.48 bits per heavy atom. The summed E-state index contributed by atoms with van der Waals surface area (Å²) in [6.07, 6.45) is 3.35. The van der Waals surface area contributed by atoms with E-state index in [-0.39, 0.29) is 17.2 Å². The van der Waals surface area contributed by atoms with Gasteiger partial charge < -0.3 is 9.47 Å². The topological polar surface area (TPSA) is 79.7 Å². The van der Waals surface area contributed by atoms with E-state index in [2.05, 4.69) is 41.2 Å². The van der Waals surface area contributed by atoms with Crippen LogP contribution in [0.25, 0.3) is 0 Å². The number of H-pyrrole nitrogens is 1. The van der Waals surface area contributed by atoms with E-state index in [1.54, 1.807) is 11.2 Å². The minimum Gasteiger partial charge on any atom is -0.340 e. The Hall–Kier alpha value is -2.18. The number of hydrogen-bond donors (Lipinski definition) is 1. The molecule has 124 valence electrons. The highest BCUT2D eigenvalue weighted by Crippen LogP contribution is 2.22. The van der Waals surface area contributed by atoms with Crippen molar-refractivity contribution in [1.82, 2.24) is 29.9 Å². The van der Waals surface area contributed by atoms with Crippen molar-refractivity contribution in [2.45, 2.75) is 52.1 Å². The van der Waals surface area contributed by atoms with Crippen LogP contribution in [0.2, 0.25) is 0 Å². The maximum absolute atomic E-state index is 12.7. The Morgan fingerprint density at radius 3 is 2.96 bits per heavy atom. The molecule has 0 aromatic carbocycles. The monoisotopic (exact) mass is 316 g/mol. The predicted molar refractivity (Wildman–Crippen MR) is 85.6 cm³/mol. The number of carbonyl (C=O) groups is 1. The van der Waals surface area contributed by atoms with E-state index in [0.29, 0.717) is 13.1 Å². The lowest BCUT2D eigenvalue weighted by atomic mass is 9.92. The average Bonchev–Trinajstić information content (AvgIpc) is 3.13. The van der Waals surface area contributed by atoms with Gasteiger partial charge >= 0.3 is 0 Å². The number of aromatic nitrogens is 5. The fourth-order valence-electron chi connectivity index (χ4n) is 2.93. The summed E-state index contributed by atoms with van der Waals surface area (Å²) in [4.78, 5) is 14.5. The molecule has 1 N–H and O–H groups in total. The summed E-state index contributed by atoms with van der Waals surface area (Å²) < 4.78 is 1.98. The van der Waals surface area contributed by atoms with Crippen LogP contribution in [-0.4, -0.2) is 42.8 Å². The van der Waals surface area contributed by atoms with Gasteiger partial charge in [0, 0.05) is 25.4 Å². The maximum Gasteiger partial charge on any atom is 0.227 e. The second-order valence-corrected chi connectivity index (χ2v) is 7.36. The second kappa shape index (κ2) is 5.79. The SMILES string of the molecule is CN(Cc1cc(C(C)(C)C)n[nH]1)C(=O)C1CCc2nncn2C1. The van der Waals surface area contributed by atoms with Crippen LogP contribution in [-0.2, 0) is 29.7 Å². The number of fused-ring (bicyclic) bond motifs is 1. The molecule has 1 atom stereocenters. The number of nitrogens with zero attached hydrogens (tertiary/aromatic N) is 5. The zero-order chi connectivity index (χ0) is 16.6. The van der Waals surface area contributed by atoms with E-state index < -0.39 is 0 Å². The third kappa shape index (κ3) is 3.28. The molecule has 0 radical (unpaired) electrons. The third-order valence-electron chi connectivity index (χ3n) is 4.36. The number of aryl methyl sites for hydroxylation is 1. The van der Waals surface area contributed by atoms with Crippen molar-refractivity contribution in [3.63, 3.8) is 0 Å². The minimum atomic E-state index is -0.00601. The molecule has 1 amide bonds. The van der Waals surface area contributed by atoms with Gasteiger partial charge in [0.25, 0.3) is 0 Å². The standard InChI is InChI=1S/C16H24N6O/c1-16(2,3)13-7-12(18-19-13)9-21(4)15(23)11-5-6-14-20-17-10-22(14)8-11/h7,10-11H,5-6,8-9H2,1-4H3,(H,18,19). The molecule has 0 bridgehead atoms. The fraction of sp³-hybridized carbons (Fsp3) is 0.625. The summed E-state index contributed by atoms with van der Waals surface area (Å²) in [5.41, 5.74) is 1.98. The Balaban J connectivity index is 1.63. The highest BCUT2D eigenvalue weighted by molar-refractivity contribution is 5.78. The van der Waals surface area contributed by atoms with Crippen LogP contribution in [0, 0.1) is 5.92 Å². The average molecular weight is 316 g/mol. The number of carbonyl (C=O) groups excluding carboxylic acids is 1. The third-order valence-corrected chi connectivity index (χ3v) is 4.36. The highest BCUT2D eigenvalue weighted by Gasteiger charge is 2.28. The van der Waals surface area contributed by atoms with Crippen LogP contribution in [0.3, 0.4) is 0 Å². The van der Waals surface area contributed by atoms with Gasteiger partial charge in [0.05, 0.1) is 23.9 Å². The Morgan fingerprint density at radius 2 is 2.26 bits per heavy atom. The largest absolute Gasteiger partial charge is 0.340 e. The van der Waals surface area contributed by atoms with Gasteiger partial charge in [-0.25, -0.2) is 0 Å². The second-order valence-electron chi connectivity index (χ2n) is 7.36. The predicted octanol–water partition coefficient (Wildman–Crippen LogP) is 1.52. The molecular weight excluding hydrogens is 292 g/mol. The minimum absolute atomic E-state index is 0.00548. The molecule has 23 heavy (non-hydrogen) atoms. The molecule has 0 saturated heterocycles. The smallest absolute Gasteiger partial charge is 0.227 e. The first-order valence-corrected chi connectivity index (χ1v) is 8.01. The first-order valence-electron chi connectivity index (χ1n) is 8.01. The van der Waals surface area contributed by atoms with Gasteiger partial charge in [-0.05, 0) is 12.5 Å². The van der Waals surface area contributed by atoms with Gasteiger partial charge in [-0.3, -0.25) is 9.89 Å². The molecule has 3 heterocycles.